The Labute approximate surface area is 133 Å². The molecule has 110 valence electrons. The topological polar surface area (TPSA) is 27.7 Å². The third-order valence-corrected chi connectivity index (χ3v) is 4.17. The van der Waals surface area contributed by atoms with Crippen LogP contribution >= 0.6 is 15.9 Å². The number of fused-ring (bicyclic) bond motifs is 1. The van der Waals surface area contributed by atoms with Gasteiger partial charge >= 0.3 is 0 Å². The molecule has 0 bridgehead atoms. The summed E-state index contributed by atoms with van der Waals surface area (Å²) in [5, 5.41) is 0.790. The van der Waals surface area contributed by atoms with Gasteiger partial charge in [-0.15, -0.1) is 0 Å². The summed E-state index contributed by atoms with van der Waals surface area (Å²) in [6.45, 7) is 0.511. The SMILES string of the molecule is COc1ccc(CBr)cc1OCC1Cc2ccccc2O1. The summed E-state index contributed by atoms with van der Waals surface area (Å²) in [6.07, 6.45) is 0.941. The van der Waals surface area contributed by atoms with E-state index in [2.05, 4.69) is 22.0 Å². The van der Waals surface area contributed by atoms with Gasteiger partial charge in [0.25, 0.3) is 0 Å². The van der Waals surface area contributed by atoms with Crippen LogP contribution in [-0.2, 0) is 11.8 Å². The lowest BCUT2D eigenvalue weighted by Crippen LogP contribution is -2.22. The van der Waals surface area contributed by atoms with Crippen LogP contribution in [-0.4, -0.2) is 19.8 Å². The molecule has 0 N–H and O–H groups in total. The van der Waals surface area contributed by atoms with E-state index in [1.807, 2.05) is 36.4 Å². The second kappa shape index (κ2) is 6.39. The average Bonchev–Trinajstić information content (AvgIpc) is 2.95. The van der Waals surface area contributed by atoms with Crippen LogP contribution in [0.4, 0.5) is 0 Å². The first-order valence-electron chi connectivity index (χ1n) is 6.90. The Morgan fingerprint density at radius 1 is 1.19 bits per heavy atom. The van der Waals surface area contributed by atoms with Gasteiger partial charge in [-0.05, 0) is 29.3 Å². The molecule has 2 aromatic rings. The number of hydrogen-bond donors (Lipinski definition) is 0. The van der Waals surface area contributed by atoms with Crippen molar-refractivity contribution in [3.63, 3.8) is 0 Å². The number of halogens is 1. The third-order valence-electron chi connectivity index (χ3n) is 3.52. The highest BCUT2D eigenvalue weighted by Gasteiger charge is 2.23. The van der Waals surface area contributed by atoms with Crippen molar-refractivity contribution in [2.24, 2.45) is 0 Å². The van der Waals surface area contributed by atoms with Gasteiger partial charge in [-0.3, -0.25) is 0 Å². The molecule has 0 aliphatic carbocycles. The van der Waals surface area contributed by atoms with Gasteiger partial charge < -0.3 is 14.2 Å². The average molecular weight is 349 g/mol. The molecule has 0 saturated carbocycles. The molecular weight excluding hydrogens is 332 g/mol. The largest absolute Gasteiger partial charge is 0.493 e. The Morgan fingerprint density at radius 3 is 2.81 bits per heavy atom. The number of para-hydroxylation sites is 1. The molecule has 0 saturated heterocycles. The number of ether oxygens (including phenoxy) is 3. The summed E-state index contributed by atoms with van der Waals surface area (Å²) in [7, 11) is 1.65. The fourth-order valence-corrected chi connectivity index (χ4v) is 2.80. The van der Waals surface area contributed by atoms with Crippen molar-refractivity contribution >= 4 is 15.9 Å². The molecule has 0 radical (unpaired) electrons. The van der Waals surface area contributed by atoms with E-state index in [4.69, 9.17) is 14.2 Å². The molecule has 1 aliphatic heterocycles. The minimum Gasteiger partial charge on any atom is -0.493 e. The molecule has 0 fully saturated rings. The molecule has 3 rings (SSSR count). The van der Waals surface area contributed by atoms with Crippen LogP contribution in [0.25, 0.3) is 0 Å². The number of methoxy groups -OCH3 is 1. The predicted octanol–water partition coefficient (Wildman–Crippen LogP) is 3.97. The predicted molar refractivity (Wildman–Crippen MR) is 85.7 cm³/mol. The number of alkyl halides is 1. The maximum Gasteiger partial charge on any atom is 0.161 e. The van der Waals surface area contributed by atoms with Gasteiger partial charge in [-0.1, -0.05) is 40.2 Å². The lowest BCUT2D eigenvalue weighted by Gasteiger charge is -2.15. The maximum atomic E-state index is 5.91. The fraction of sp³-hybridized carbons (Fsp3) is 0.294. The van der Waals surface area contributed by atoms with Crippen molar-refractivity contribution in [3.05, 3.63) is 53.6 Å². The monoisotopic (exact) mass is 348 g/mol. The maximum absolute atomic E-state index is 5.91. The van der Waals surface area contributed by atoms with Crippen LogP contribution in [0.15, 0.2) is 42.5 Å². The molecule has 1 aliphatic rings. The number of hydrogen-bond acceptors (Lipinski definition) is 3. The first-order chi connectivity index (χ1) is 10.3. The van der Waals surface area contributed by atoms with Crippen LogP contribution in [0, 0.1) is 0 Å². The van der Waals surface area contributed by atoms with Crippen LogP contribution in [0.3, 0.4) is 0 Å². The van der Waals surface area contributed by atoms with Crippen LogP contribution in [0.1, 0.15) is 11.1 Å². The highest BCUT2D eigenvalue weighted by Crippen LogP contribution is 2.31. The first kappa shape index (κ1) is 14.3. The van der Waals surface area contributed by atoms with Gasteiger partial charge in [0.1, 0.15) is 18.5 Å². The standard InChI is InChI=1S/C17H17BrO3/c1-19-16-7-6-12(10-18)8-17(16)20-11-14-9-13-4-2-3-5-15(13)21-14/h2-8,14H,9-11H2,1H3. The smallest absolute Gasteiger partial charge is 0.161 e. The first-order valence-corrected chi connectivity index (χ1v) is 8.02. The van der Waals surface area contributed by atoms with E-state index < -0.39 is 0 Å². The zero-order valence-corrected chi connectivity index (χ0v) is 13.4. The van der Waals surface area contributed by atoms with Gasteiger partial charge in [0.15, 0.2) is 11.5 Å². The Balaban J connectivity index is 1.66. The van der Waals surface area contributed by atoms with Gasteiger partial charge in [0, 0.05) is 11.8 Å². The molecule has 21 heavy (non-hydrogen) atoms. The molecule has 4 heteroatoms. The van der Waals surface area contributed by atoms with E-state index in [-0.39, 0.29) is 6.10 Å². The summed E-state index contributed by atoms with van der Waals surface area (Å²) in [4.78, 5) is 0. The molecule has 1 heterocycles. The summed E-state index contributed by atoms with van der Waals surface area (Å²) in [6, 6.07) is 14.1. The summed E-state index contributed by atoms with van der Waals surface area (Å²) < 4.78 is 17.1. The Kier molecular flexibility index (Phi) is 4.34. The minimum absolute atomic E-state index is 0.0553. The number of rotatable bonds is 5. The summed E-state index contributed by atoms with van der Waals surface area (Å²) in [5.41, 5.74) is 2.40. The van der Waals surface area contributed by atoms with Crippen molar-refractivity contribution < 1.29 is 14.2 Å². The second-order valence-electron chi connectivity index (χ2n) is 4.98. The zero-order chi connectivity index (χ0) is 14.7. The lowest BCUT2D eigenvalue weighted by molar-refractivity contribution is 0.145. The van der Waals surface area contributed by atoms with Crippen LogP contribution < -0.4 is 14.2 Å². The van der Waals surface area contributed by atoms with Crippen molar-refractivity contribution in [2.75, 3.05) is 13.7 Å². The summed E-state index contributed by atoms with van der Waals surface area (Å²) >= 11 is 3.45. The molecule has 0 amide bonds. The summed E-state index contributed by atoms with van der Waals surface area (Å²) in [5.74, 6) is 2.47. The Hall–Kier alpha value is -1.68. The molecule has 0 aromatic heterocycles. The second-order valence-corrected chi connectivity index (χ2v) is 5.54. The molecule has 1 unspecified atom stereocenters. The van der Waals surface area contributed by atoms with Crippen molar-refractivity contribution in [3.8, 4) is 17.2 Å². The molecule has 2 aromatic carbocycles. The quantitative estimate of drug-likeness (QED) is 0.765. The molecule has 1 atom stereocenters. The van der Waals surface area contributed by atoms with E-state index >= 15 is 0 Å². The van der Waals surface area contributed by atoms with Crippen LogP contribution in [0.2, 0.25) is 0 Å². The van der Waals surface area contributed by atoms with Gasteiger partial charge in [-0.25, -0.2) is 0 Å². The zero-order valence-electron chi connectivity index (χ0n) is 11.8. The Morgan fingerprint density at radius 2 is 2.05 bits per heavy atom. The minimum atomic E-state index is 0.0553. The van der Waals surface area contributed by atoms with E-state index in [0.717, 1.165) is 34.6 Å². The fourth-order valence-electron chi connectivity index (χ4n) is 2.45. The van der Waals surface area contributed by atoms with Crippen LogP contribution in [0.5, 0.6) is 17.2 Å². The van der Waals surface area contributed by atoms with Crippen molar-refractivity contribution in [1.29, 1.82) is 0 Å². The van der Waals surface area contributed by atoms with Crippen molar-refractivity contribution in [2.45, 2.75) is 17.9 Å². The molecular formula is C17H17BrO3. The molecule has 0 spiro atoms. The van der Waals surface area contributed by atoms with E-state index in [0.29, 0.717) is 6.61 Å². The van der Waals surface area contributed by atoms with Gasteiger partial charge in [0.05, 0.1) is 7.11 Å². The van der Waals surface area contributed by atoms with E-state index in [1.54, 1.807) is 7.11 Å². The highest BCUT2D eigenvalue weighted by molar-refractivity contribution is 9.08. The Bertz CT molecular complexity index is 602. The van der Waals surface area contributed by atoms with E-state index in [9.17, 15) is 0 Å². The lowest BCUT2D eigenvalue weighted by atomic mass is 10.1. The van der Waals surface area contributed by atoms with Crippen molar-refractivity contribution in [1.82, 2.24) is 0 Å². The highest BCUT2D eigenvalue weighted by atomic mass is 79.9. The normalized spacial score (nSPS) is 16.2. The van der Waals surface area contributed by atoms with E-state index in [1.165, 1.54) is 5.56 Å². The molecule has 3 nitrogen and oxygen atoms in total. The number of benzene rings is 2. The van der Waals surface area contributed by atoms with Gasteiger partial charge in [0.2, 0.25) is 0 Å². The third kappa shape index (κ3) is 3.16. The van der Waals surface area contributed by atoms with Gasteiger partial charge in [-0.2, -0.15) is 0 Å².